The maximum Gasteiger partial charge on any atom is 0.261 e. The van der Waals surface area contributed by atoms with E-state index in [2.05, 4.69) is 17.2 Å². The number of thiophene rings is 1. The first kappa shape index (κ1) is 16.7. The molecular weight excluding hydrogens is 272 g/mol. The van der Waals surface area contributed by atoms with Crippen LogP contribution in [0.4, 0.5) is 0 Å². The van der Waals surface area contributed by atoms with Gasteiger partial charge in [-0.3, -0.25) is 4.79 Å². The second kappa shape index (κ2) is 9.54. The number of carbonyl (C=O) groups is 1. The first-order chi connectivity index (χ1) is 9.63. The summed E-state index contributed by atoms with van der Waals surface area (Å²) in [5.74, 6) is 5.65. The van der Waals surface area contributed by atoms with E-state index in [4.69, 9.17) is 10.5 Å². The number of carbonyl (C=O) groups excluding carboxylic acids is 1. The minimum atomic E-state index is -0.0411. The van der Waals surface area contributed by atoms with Crippen LogP contribution in [0.5, 0.6) is 0 Å². The van der Waals surface area contributed by atoms with E-state index in [-0.39, 0.29) is 12.0 Å². The van der Waals surface area contributed by atoms with Crippen LogP contribution in [0.1, 0.15) is 41.2 Å². The summed E-state index contributed by atoms with van der Waals surface area (Å²) in [7, 11) is 0. The molecule has 0 bridgehead atoms. The molecule has 1 rings (SSSR count). The Balaban J connectivity index is 2.24. The van der Waals surface area contributed by atoms with Crippen molar-refractivity contribution in [1.82, 2.24) is 5.32 Å². The van der Waals surface area contributed by atoms with E-state index >= 15 is 0 Å². The smallest absolute Gasteiger partial charge is 0.261 e. The van der Waals surface area contributed by atoms with Crippen LogP contribution in [0.2, 0.25) is 0 Å². The van der Waals surface area contributed by atoms with Crippen molar-refractivity contribution in [3.63, 3.8) is 0 Å². The summed E-state index contributed by atoms with van der Waals surface area (Å²) in [6.07, 6.45) is 2.14. The van der Waals surface area contributed by atoms with E-state index in [1.165, 1.54) is 11.3 Å². The molecule has 1 heterocycles. The van der Waals surface area contributed by atoms with Crippen LogP contribution in [0.15, 0.2) is 12.1 Å². The van der Waals surface area contributed by atoms with Gasteiger partial charge >= 0.3 is 0 Å². The molecule has 0 atom stereocenters. The quantitative estimate of drug-likeness (QED) is 0.597. The Labute approximate surface area is 124 Å². The molecule has 20 heavy (non-hydrogen) atoms. The molecule has 0 saturated heterocycles. The second-order valence-corrected chi connectivity index (χ2v) is 5.64. The average molecular weight is 294 g/mol. The number of rotatable bonds is 7. The lowest BCUT2D eigenvalue weighted by Gasteiger charge is -2.07. The molecule has 5 heteroatoms. The summed E-state index contributed by atoms with van der Waals surface area (Å²) >= 11 is 1.39. The molecule has 0 aliphatic heterocycles. The predicted molar refractivity (Wildman–Crippen MR) is 82.9 cm³/mol. The fourth-order valence-electron chi connectivity index (χ4n) is 1.50. The van der Waals surface area contributed by atoms with Gasteiger partial charge in [-0.25, -0.2) is 0 Å². The van der Waals surface area contributed by atoms with Crippen LogP contribution in [0.3, 0.4) is 0 Å². The molecule has 1 aromatic rings. The molecule has 3 N–H and O–H groups in total. The molecule has 0 aromatic carbocycles. The number of ether oxygens (including phenoxy) is 1. The first-order valence-electron chi connectivity index (χ1n) is 6.82. The average Bonchev–Trinajstić information content (AvgIpc) is 2.88. The third-order valence-electron chi connectivity index (χ3n) is 2.45. The predicted octanol–water partition coefficient (Wildman–Crippen LogP) is 1.99. The van der Waals surface area contributed by atoms with Crippen LogP contribution in [-0.4, -0.2) is 31.7 Å². The van der Waals surface area contributed by atoms with E-state index in [1.54, 1.807) is 6.07 Å². The molecule has 0 saturated carbocycles. The van der Waals surface area contributed by atoms with Crippen LogP contribution in [-0.2, 0) is 4.74 Å². The van der Waals surface area contributed by atoms with Gasteiger partial charge in [0.15, 0.2) is 0 Å². The lowest BCUT2D eigenvalue weighted by molar-refractivity contribution is 0.0754. The van der Waals surface area contributed by atoms with E-state index < -0.39 is 0 Å². The normalized spacial score (nSPS) is 10.2. The lowest BCUT2D eigenvalue weighted by atomic mass is 10.3. The van der Waals surface area contributed by atoms with Crippen molar-refractivity contribution in [2.75, 3.05) is 19.7 Å². The second-order valence-electron chi connectivity index (χ2n) is 4.55. The van der Waals surface area contributed by atoms with Crippen molar-refractivity contribution >= 4 is 17.2 Å². The molecule has 110 valence electrons. The molecule has 1 aromatic heterocycles. The standard InChI is InChI=1S/C15H22N2O2S/c1-12(2)19-11-4-3-10-17-15(18)14-8-7-13(20-14)6-5-9-16/h7-8,12H,3-4,9-11,16H2,1-2H3,(H,17,18). The fraction of sp³-hybridized carbons (Fsp3) is 0.533. The molecule has 0 aliphatic rings. The maximum absolute atomic E-state index is 11.9. The minimum absolute atomic E-state index is 0.0411. The van der Waals surface area contributed by atoms with E-state index in [1.807, 2.05) is 19.9 Å². The van der Waals surface area contributed by atoms with Gasteiger partial charge in [0, 0.05) is 13.2 Å². The molecule has 0 spiro atoms. The topological polar surface area (TPSA) is 64.3 Å². The van der Waals surface area contributed by atoms with Crippen molar-refractivity contribution in [2.24, 2.45) is 5.73 Å². The SMILES string of the molecule is CC(C)OCCCCNC(=O)c1ccc(C#CCN)s1. The van der Waals surface area contributed by atoms with Crippen LogP contribution >= 0.6 is 11.3 Å². The van der Waals surface area contributed by atoms with Gasteiger partial charge in [-0.1, -0.05) is 11.8 Å². The fourth-order valence-corrected chi connectivity index (χ4v) is 2.30. The molecule has 0 unspecified atom stereocenters. The zero-order chi connectivity index (χ0) is 14.8. The van der Waals surface area contributed by atoms with Gasteiger partial charge in [0.25, 0.3) is 5.91 Å². The minimum Gasteiger partial charge on any atom is -0.379 e. The Kier molecular flexibility index (Phi) is 7.97. The highest BCUT2D eigenvalue weighted by atomic mass is 32.1. The third-order valence-corrected chi connectivity index (χ3v) is 3.45. The van der Waals surface area contributed by atoms with Gasteiger partial charge < -0.3 is 15.8 Å². The highest BCUT2D eigenvalue weighted by Gasteiger charge is 2.07. The van der Waals surface area contributed by atoms with Gasteiger partial charge in [0.1, 0.15) is 0 Å². The monoisotopic (exact) mass is 294 g/mol. The van der Waals surface area contributed by atoms with Gasteiger partial charge in [-0.05, 0) is 38.8 Å². The molecule has 0 fully saturated rings. The third kappa shape index (κ3) is 6.71. The number of hydrogen-bond acceptors (Lipinski definition) is 4. The van der Waals surface area contributed by atoms with Crippen molar-refractivity contribution in [1.29, 1.82) is 0 Å². The largest absolute Gasteiger partial charge is 0.379 e. The highest BCUT2D eigenvalue weighted by molar-refractivity contribution is 7.14. The van der Waals surface area contributed by atoms with Gasteiger partial charge in [-0.15, -0.1) is 11.3 Å². The molecule has 0 radical (unpaired) electrons. The van der Waals surface area contributed by atoms with Crippen LogP contribution in [0.25, 0.3) is 0 Å². The van der Waals surface area contributed by atoms with E-state index in [0.717, 1.165) is 24.3 Å². The maximum atomic E-state index is 11.9. The highest BCUT2D eigenvalue weighted by Crippen LogP contribution is 2.15. The molecule has 0 aliphatic carbocycles. The number of amides is 1. The van der Waals surface area contributed by atoms with Gasteiger partial charge in [0.05, 0.1) is 22.4 Å². The summed E-state index contributed by atoms with van der Waals surface area (Å²) in [5.41, 5.74) is 5.31. The van der Waals surface area contributed by atoms with E-state index in [9.17, 15) is 4.79 Å². The van der Waals surface area contributed by atoms with Crippen molar-refractivity contribution < 1.29 is 9.53 Å². The van der Waals surface area contributed by atoms with Crippen molar-refractivity contribution in [3.05, 3.63) is 21.9 Å². The van der Waals surface area contributed by atoms with Crippen molar-refractivity contribution in [3.8, 4) is 11.8 Å². The van der Waals surface area contributed by atoms with Crippen LogP contribution < -0.4 is 11.1 Å². The molecule has 4 nitrogen and oxygen atoms in total. The summed E-state index contributed by atoms with van der Waals surface area (Å²) in [4.78, 5) is 13.4. The Morgan fingerprint density at radius 1 is 1.45 bits per heavy atom. The summed E-state index contributed by atoms with van der Waals surface area (Å²) in [6.45, 7) is 5.78. The Morgan fingerprint density at radius 3 is 2.95 bits per heavy atom. The molecular formula is C15H22N2O2S. The summed E-state index contributed by atoms with van der Waals surface area (Å²) < 4.78 is 5.44. The lowest BCUT2D eigenvalue weighted by Crippen LogP contribution is -2.23. The zero-order valence-corrected chi connectivity index (χ0v) is 12.9. The van der Waals surface area contributed by atoms with Crippen LogP contribution in [0, 0.1) is 11.8 Å². The summed E-state index contributed by atoms with van der Waals surface area (Å²) in [5, 5.41) is 2.90. The van der Waals surface area contributed by atoms with Crippen molar-refractivity contribution in [2.45, 2.75) is 32.8 Å². The zero-order valence-electron chi connectivity index (χ0n) is 12.1. The Morgan fingerprint density at radius 2 is 2.25 bits per heavy atom. The Hall–Kier alpha value is -1.35. The molecule has 1 amide bonds. The number of nitrogens with one attached hydrogen (secondary N) is 1. The first-order valence-corrected chi connectivity index (χ1v) is 7.63. The van der Waals surface area contributed by atoms with Gasteiger partial charge in [0.2, 0.25) is 0 Å². The number of unbranched alkanes of at least 4 members (excludes halogenated alkanes) is 1. The van der Waals surface area contributed by atoms with Gasteiger partial charge in [-0.2, -0.15) is 0 Å². The Bertz CT molecular complexity index is 472. The summed E-state index contributed by atoms with van der Waals surface area (Å²) in [6, 6.07) is 3.64. The number of nitrogens with two attached hydrogens (primary N) is 1. The van der Waals surface area contributed by atoms with E-state index in [0.29, 0.717) is 18.0 Å². The number of hydrogen-bond donors (Lipinski definition) is 2.